The molecule has 104 valence electrons. The fraction of sp³-hybridized carbons (Fsp3) is 0.643. The number of nitrogens with one attached hydrogen (secondary N) is 1. The van der Waals surface area contributed by atoms with Gasteiger partial charge in [0.15, 0.2) is 0 Å². The summed E-state index contributed by atoms with van der Waals surface area (Å²) in [4.78, 5) is 20.1. The molecule has 1 aromatic heterocycles. The van der Waals surface area contributed by atoms with Crippen LogP contribution < -0.4 is 5.32 Å². The monoisotopic (exact) mass is 263 g/mol. The molecule has 0 saturated heterocycles. The first-order valence-corrected chi connectivity index (χ1v) is 6.80. The maximum absolute atomic E-state index is 11.2. The molecule has 5 nitrogen and oxygen atoms in total. The highest BCUT2D eigenvalue weighted by Crippen LogP contribution is 2.38. The zero-order chi connectivity index (χ0) is 14.0. The van der Waals surface area contributed by atoms with Gasteiger partial charge in [-0.3, -0.25) is 0 Å². The van der Waals surface area contributed by atoms with Crippen molar-refractivity contribution in [3.8, 4) is 0 Å². The number of aromatic nitrogens is 2. The van der Waals surface area contributed by atoms with Crippen LogP contribution in [0.1, 0.15) is 50.5 Å². The van der Waals surface area contributed by atoms with Crippen LogP contribution in [0.2, 0.25) is 0 Å². The van der Waals surface area contributed by atoms with Crippen LogP contribution in [0.25, 0.3) is 0 Å². The number of rotatable bonds is 6. The fourth-order valence-electron chi connectivity index (χ4n) is 2.06. The van der Waals surface area contributed by atoms with E-state index < -0.39 is 12.0 Å². The molecular weight excluding hydrogens is 242 g/mol. The predicted octanol–water partition coefficient (Wildman–Crippen LogP) is 2.57. The van der Waals surface area contributed by atoms with Gasteiger partial charge >= 0.3 is 5.97 Å². The summed E-state index contributed by atoms with van der Waals surface area (Å²) in [5.41, 5.74) is 0.882. The molecule has 1 aliphatic carbocycles. The van der Waals surface area contributed by atoms with E-state index in [9.17, 15) is 9.90 Å². The van der Waals surface area contributed by atoms with Crippen LogP contribution in [0.15, 0.2) is 6.07 Å². The van der Waals surface area contributed by atoms with E-state index in [1.165, 1.54) is 0 Å². The first kappa shape index (κ1) is 13.8. The van der Waals surface area contributed by atoms with Crippen LogP contribution in [0.5, 0.6) is 0 Å². The Balaban J connectivity index is 2.13. The minimum Gasteiger partial charge on any atom is -0.480 e. The molecule has 1 fully saturated rings. The fourth-order valence-corrected chi connectivity index (χ4v) is 2.06. The van der Waals surface area contributed by atoms with Crippen molar-refractivity contribution >= 4 is 11.8 Å². The molecule has 0 radical (unpaired) electrons. The molecule has 5 heteroatoms. The Morgan fingerprint density at radius 2 is 2.16 bits per heavy atom. The number of carboxylic acids is 1. The van der Waals surface area contributed by atoms with Crippen molar-refractivity contribution in [3.05, 3.63) is 17.6 Å². The van der Waals surface area contributed by atoms with E-state index in [0.29, 0.717) is 24.1 Å². The number of anilines is 1. The Morgan fingerprint density at radius 3 is 2.68 bits per heavy atom. The topological polar surface area (TPSA) is 75.1 Å². The van der Waals surface area contributed by atoms with E-state index in [2.05, 4.69) is 15.3 Å². The quantitative estimate of drug-likeness (QED) is 0.825. The number of aliphatic carboxylic acids is 1. The van der Waals surface area contributed by atoms with Gasteiger partial charge in [0.1, 0.15) is 17.7 Å². The van der Waals surface area contributed by atoms with Crippen molar-refractivity contribution in [3.63, 3.8) is 0 Å². The standard InChI is InChI=1S/C14H21N3O2/c1-8(2)6-11(14(18)19)16-12-7-9(3)15-13(17-12)10-4-5-10/h7-8,10-11H,4-6H2,1-3H3,(H,18,19)(H,15,16,17)/t11-/m0/s1. The molecule has 1 aromatic rings. The molecular formula is C14H21N3O2. The van der Waals surface area contributed by atoms with E-state index >= 15 is 0 Å². The highest BCUT2D eigenvalue weighted by molar-refractivity contribution is 5.76. The van der Waals surface area contributed by atoms with E-state index in [-0.39, 0.29) is 0 Å². The number of aryl methyl sites for hydroxylation is 1. The average molecular weight is 263 g/mol. The van der Waals surface area contributed by atoms with E-state index in [1.807, 2.05) is 26.8 Å². The predicted molar refractivity (Wildman–Crippen MR) is 73.2 cm³/mol. The van der Waals surface area contributed by atoms with Crippen LogP contribution >= 0.6 is 0 Å². The van der Waals surface area contributed by atoms with Crippen LogP contribution in [0, 0.1) is 12.8 Å². The largest absolute Gasteiger partial charge is 0.480 e. The van der Waals surface area contributed by atoms with Crippen molar-refractivity contribution in [2.24, 2.45) is 5.92 Å². The second-order valence-corrected chi connectivity index (χ2v) is 5.69. The molecule has 0 amide bonds. The van der Waals surface area contributed by atoms with Gasteiger partial charge in [-0.1, -0.05) is 13.8 Å². The zero-order valence-electron chi connectivity index (χ0n) is 11.7. The van der Waals surface area contributed by atoms with Crippen molar-refractivity contribution < 1.29 is 9.90 Å². The molecule has 0 spiro atoms. The average Bonchev–Trinajstić information content (AvgIpc) is 3.10. The van der Waals surface area contributed by atoms with Gasteiger partial charge in [0.05, 0.1) is 0 Å². The summed E-state index contributed by atoms with van der Waals surface area (Å²) in [6.07, 6.45) is 2.85. The molecule has 0 bridgehead atoms. The number of carboxylic acid groups (broad SMARTS) is 1. The molecule has 2 rings (SSSR count). The van der Waals surface area contributed by atoms with Gasteiger partial charge in [0.25, 0.3) is 0 Å². The van der Waals surface area contributed by atoms with E-state index in [0.717, 1.165) is 24.4 Å². The minimum absolute atomic E-state index is 0.319. The molecule has 0 unspecified atom stereocenters. The molecule has 0 aromatic carbocycles. The third kappa shape index (κ3) is 3.91. The molecule has 1 saturated carbocycles. The lowest BCUT2D eigenvalue weighted by atomic mass is 10.0. The number of hydrogen-bond acceptors (Lipinski definition) is 4. The first-order valence-electron chi connectivity index (χ1n) is 6.80. The van der Waals surface area contributed by atoms with E-state index in [1.54, 1.807) is 0 Å². The van der Waals surface area contributed by atoms with Gasteiger partial charge in [0, 0.05) is 17.7 Å². The maximum Gasteiger partial charge on any atom is 0.326 e. The molecule has 19 heavy (non-hydrogen) atoms. The van der Waals surface area contributed by atoms with Gasteiger partial charge < -0.3 is 10.4 Å². The van der Waals surface area contributed by atoms with Crippen LogP contribution in [-0.2, 0) is 4.79 Å². The maximum atomic E-state index is 11.2. The molecule has 2 N–H and O–H groups in total. The number of carbonyl (C=O) groups is 1. The molecule has 0 aliphatic heterocycles. The first-order chi connectivity index (χ1) is 8.95. The summed E-state index contributed by atoms with van der Waals surface area (Å²) in [5, 5.41) is 12.3. The Hall–Kier alpha value is -1.65. The normalized spacial score (nSPS) is 16.4. The second-order valence-electron chi connectivity index (χ2n) is 5.69. The summed E-state index contributed by atoms with van der Waals surface area (Å²) < 4.78 is 0. The summed E-state index contributed by atoms with van der Waals surface area (Å²) in [5.74, 6) is 1.42. The summed E-state index contributed by atoms with van der Waals surface area (Å²) in [6.45, 7) is 5.94. The van der Waals surface area contributed by atoms with Crippen molar-refractivity contribution in [1.29, 1.82) is 0 Å². The summed E-state index contributed by atoms with van der Waals surface area (Å²) >= 11 is 0. The van der Waals surface area contributed by atoms with Crippen molar-refractivity contribution in [2.45, 2.75) is 52.0 Å². The summed E-state index contributed by atoms with van der Waals surface area (Å²) in [7, 11) is 0. The van der Waals surface area contributed by atoms with Gasteiger partial charge in [-0.25, -0.2) is 14.8 Å². The summed E-state index contributed by atoms with van der Waals surface area (Å²) in [6, 6.07) is 1.21. The van der Waals surface area contributed by atoms with Crippen molar-refractivity contribution in [2.75, 3.05) is 5.32 Å². The van der Waals surface area contributed by atoms with Crippen LogP contribution in [0.4, 0.5) is 5.82 Å². The second kappa shape index (κ2) is 5.55. The SMILES string of the molecule is Cc1cc(N[C@@H](CC(C)C)C(=O)O)nc(C2CC2)n1. The molecule has 1 atom stereocenters. The van der Waals surface area contributed by atoms with Gasteiger partial charge in [-0.15, -0.1) is 0 Å². The van der Waals surface area contributed by atoms with Gasteiger partial charge in [-0.2, -0.15) is 0 Å². The van der Waals surface area contributed by atoms with Gasteiger partial charge in [0.2, 0.25) is 0 Å². The van der Waals surface area contributed by atoms with Gasteiger partial charge in [-0.05, 0) is 32.1 Å². The molecule has 1 heterocycles. The van der Waals surface area contributed by atoms with Crippen LogP contribution in [-0.4, -0.2) is 27.1 Å². The smallest absolute Gasteiger partial charge is 0.326 e. The minimum atomic E-state index is -0.835. The number of nitrogens with zero attached hydrogens (tertiary/aromatic N) is 2. The third-order valence-corrected chi connectivity index (χ3v) is 3.14. The van der Waals surface area contributed by atoms with E-state index in [4.69, 9.17) is 0 Å². The lowest BCUT2D eigenvalue weighted by Crippen LogP contribution is -2.31. The third-order valence-electron chi connectivity index (χ3n) is 3.14. The van der Waals surface area contributed by atoms with Crippen LogP contribution in [0.3, 0.4) is 0 Å². The number of hydrogen-bond donors (Lipinski definition) is 2. The Morgan fingerprint density at radius 1 is 1.47 bits per heavy atom. The highest BCUT2D eigenvalue weighted by Gasteiger charge is 2.27. The lowest BCUT2D eigenvalue weighted by molar-refractivity contribution is -0.138. The van der Waals surface area contributed by atoms with Crippen molar-refractivity contribution in [1.82, 2.24) is 9.97 Å². The lowest BCUT2D eigenvalue weighted by Gasteiger charge is -2.17. The Bertz CT molecular complexity index is 470. The highest BCUT2D eigenvalue weighted by atomic mass is 16.4. The Kier molecular flexibility index (Phi) is 4.02. The molecule has 1 aliphatic rings. The zero-order valence-corrected chi connectivity index (χ0v) is 11.7. The Labute approximate surface area is 113 Å².